The molecule has 0 bridgehead atoms. The Morgan fingerprint density at radius 2 is 2.13 bits per heavy atom. The van der Waals surface area contributed by atoms with Gasteiger partial charge in [-0.15, -0.1) is 11.3 Å². The molecule has 0 aliphatic heterocycles. The SMILES string of the molecule is CCN=c1scc(-c2ccco2)n1N=Cc1cc(C)ccc1C. The second-order valence-electron chi connectivity index (χ2n) is 5.27. The van der Waals surface area contributed by atoms with E-state index in [1.54, 1.807) is 17.6 Å². The van der Waals surface area contributed by atoms with Crippen molar-refractivity contribution in [2.75, 3.05) is 6.54 Å². The van der Waals surface area contributed by atoms with E-state index in [-0.39, 0.29) is 0 Å². The Morgan fingerprint density at radius 3 is 2.87 bits per heavy atom. The van der Waals surface area contributed by atoms with Crippen molar-refractivity contribution in [2.45, 2.75) is 20.8 Å². The topological polar surface area (TPSA) is 42.8 Å². The predicted octanol–water partition coefficient (Wildman–Crippen LogP) is 4.23. The number of thiazole rings is 1. The number of nitrogens with zero attached hydrogens (tertiary/aromatic N) is 3. The van der Waals surface area contributed by atoms with Crippen molar-refractivity contribution in [3.63, 3.8) is 0 Å². The molecule has 2 heterocycles. The number of rotatable bonds is 4. The van der Waals surface area contributed by atoms with Crippen molar-refractivity contribution in [2.24, 2.45) is 10.1 Å². The fourth-order valence-corrected chi connectivity index (χ4v) is 3.15. The molecule has 23 heavy (non-hydrogen) atoms. The van der Waals surface area contributed by atoms with Crippen LogP contribution in [0, 0.1) is 13.8 Å². The van der Waals surface area contributed by atoms with Gasteiger partial charge in [-0.2, -0.15) is 5.10 Å². The highest BCUT2D eigenvalue weighted by Gasteiger charge is 2.09. The second kappa shape index (κ2) is 6.79. The normalized spacial score (nSPS) is 12.4. The molecule has 118 valence electrons. The molecular weight excluding hydrogens is 306 g/mol. The molecule has 0 radical (unpaired) electrons. The quantitative estimate of drug-likeness (QED) is 0.662. The minimum Gasteiger partial charge on any atom is -0.463 e. The lowest BCUT2D eigenvalue weighted by molar-refractivity contribution is 0.575. The highest BCUT2D eigenvalue weighted by molar-refractivity contribution is 7.07. The summed E-state index contributed by atoms with van der Waals surface area (Å²) in [6.07, 6.45) is 3.55. The zero-order valence-electron chi connectivity index (χ0n) is 13.5. The van der Waals surface area contributed by atoms with E-state index in [1.165, 1.54) is 11.1 Å². The maximum atomic E-state index is 5.52. The van der Waals surface area contributed by atoms with Gasteiger partial charge in [0, 0.05) is 11.9 Å². The number of furan rings is 1. The zero-order valence-corrected chi connectivity index (χ0v) is 14.3. The lowest BCUT2D eigenvalue weighted by Crippen LogP contribution is -2.12. The van der Waals surface area contributed by atoms with E-state index in [4.69, 9.17) is 4.42 Å². The van der Waals surface area contributed by atoms with Gasteiger partial charge in [0.15, 0.2) is 5.76 Å². The van der Waals surface area contributed by atoms with Crippen LogP contribution in [0.15, 0.2) is 56.5 Å². The molecule has 1 aromatic carbocycles. The van der Waals surface area contributed by atoms with E-state index < -0.39 is 0 Å². The number of hydrogen-bond donors (Lipinski definition) is 0. The summed E-state index contributed by atoms with van der Waals surface area (Å²) in [7, 11) is 0. The monoisotopic (exact) mass is 325 g/mol. The number of aromatic nitrogens is 1. The van der Waals surface area contributed by atoms with Crippen molar-refractivity contribution >= 4 is 17.6 Å². The fourth-order valence-electron chi connectivity index (χ4n) is 2.27. The fraction of sp³-hybridized carbons (Fsp3) is 0.222. The van der Waals surface area contributed by atoms with Crippen LogP contribution in [-0.2, 0) is 0 Å². The van der Waals surface area contributed by atoms with Crippen molar-refractivity contribution < 1.29 is 4.42 Å². The lowest BCUT2D eigenvalue weighted by Gasteiger charge is -2.03. The van der Waals surface area contributed by atoms with E-state index in [2.05, 4.69) is 42.1 Å². The standard InChI is InChI=1S/C18H19N3OS/c1-4-19-18-21(16(12-23-18)17-6-5-9-22-17)20-11-15-10-13(2)7-8-14(15)3/h5-12H,4H2,1-3H3. The average molecular weight is 325 g/mol. The summed E-state index contributed by atoms with van der Waals surface area (Å²) in [5.41, 5.74) is 4.44. The van der Waals surface area contributed by atoms with E-state index in [0.29, 0.717) is 0 Å². The second-order valence-corrected chi connectivity index (χ2v) is 6.11. The molecule has 0 fully saturated rings. The molecule has 0 saturated carbocycles. The Kier molecular flexibility index (Phi) is 4.57. The Morgan fingerprint density at radius 1 is 1.26 bits per heavy atom. The maximum Gasteiger partial charge on any atom is 0.206 e. The Bertz CT molecular complexity index is 885. The predicted molar refractivity (Wildman–Crippen MR) is 95.0 cm³/mol. The lowest BCUT2D eigenvalue weighted by atomic mass is 10.1. The average Bonchev–Trinajstić information content (AvgIpc) is 3.18. The summed E-state index contributed by atoms with van der Waals surface area (Å²) >= 11 is 1.56. The van der Waals surface area contributed by atoms with Crippen LogP contribution in [0.5, 0.6) is 0 Å². The molecule has 3 rings (SSSR count). The van der Waals surface area contributed by atoms with Crippen molar-refractivity contribution in [3.8, 4) is 11.5 Å². The van der Waals surface area contributed by atoms with Gasteiger partial charge in [-0.3, -0.25) is 4.99 Å². The van der Waals surface area contributed by atoms with Gasteiger partial charge in [-0.25, -0.2) is 4.68 Å². The van der Waals surface area contributed by atoms with Crippen molar-refractivity contribution in [1.29, 1.82) is 0 Å². The molecule has 0 atom stereocenters. The summed E-state index contributed by atoms with van der Waals surface area (Å²) in [6.45, 7) is 6.91. The van der Waals surface area contributed by atoms with Crippen molar-refractivity contribution in [3.05, 3.63) is 63.5 Å². The van der Waals surface area contributed by atoms with Crippen LogP contribution in [0.2, 0.25) is 0 Å². The van der Waals surface area contributed by atoms with E-state index >= 15 is 0 Å². The van der Waals surface area contributed by atoms with Crippen LogP contribution in [-0.4, -0.2) is 17.4 Å². The van der Waals surface area contributed by atoms with Gasteiger partial charge >= 0.3 is 0 Å². The molecule has 2 aromatic heterocycles. The number of benzene rings is 1. The van der Waals surface area contributed by atoms with Crippen LogP contribution in [0.1, 0.15) is 23.6 Å². The van der Waals surface area contributed by atoms with Crippen LogP contribution in [0.4, 0.5) is 0 Å². The van der Waals surface area contributed by atoms with Crippen LogP contribution < -0.4 is 4.80 Å². The first kappa shape index (κ1) is 15.5. The van der Waals surface area contributed by atoms with E-state index in [0.717, 1.165) is 28.4 Å². The summed E-state index contributed by atoms with van der Waals surface area (Å²) < 4.78 is 7.36. The van der Waals surface area contributed by atoms with Crippen LogP contribution in [0.25, 0.3) is 11.5 Å². The number of aryl methyl sites for hydroxylation is 2. The van der Waals surface area contributed by atoms with Crippen LogP contribution >= 0.6 is 11.3 Å². The first-order chi connectivity index (χ1) is 11.2. The molecular formula is C18H19N3OS. The summed E-state index contributed by atoms with van der Waals surface area (Å²) in [5, 5.41) is 6.68. The Hall–Kier alpha value is -2.40. The first-order valence-corrected chi connectivity index (χ1v) is 8.43. The van der Waals surface area contributed by atoms with Gasteiger partial charge in [-0.05, 0) is 44.0 Å². The molecule has 0 aliphatic carbocycles. The van der Waals surface area contributed by atoms with E-state index in [1.807, 2.05) is 35.3 Å². The molecule has 0 unspecified atom stereocenters. The van der Waals surface area contributed by atoms with Crippen LogP contribution in [0.3, 0.4) is 0 Å². The molecule has 0 amide bonds. The third-order valence-corrected chi connectivity index (χ3v) is 4.35. The van der Waals surface area contributed by atoms with Gasteiger partial charge in [0.25, 0.3) is 0 Å². The maximum absolute atomic E-state index is 5.52. The molecule has 3 aromatic rings. The van der Waals surface area contributed by atoms with Gasteiger partial charge in [0.2, 0.25) is 4.80 Å². The third-order valence-electron chi connectivity index (χ3n) is 3.50. The zero-order chi connectivity index (χ0) is 16.2. The van der Waals surface area contributed by atoms with Gasteiger partial charge in [0.1, 0.15) is 5.69 Å². The highest BCUT2D eigenvalue weighted by Crippen LogP contribution is 2.20. The Balaban J connectivity index is 2.08. The van der Waals surface area contributed by atoms with Gasteiger partial charge in [0.05, 0.1) is 12.5 Å². The molecule has 4 nitrogen and oxygen atoms in total. The molecule has 0 N–H and O–H groups in total. The first-order valence-electron chi connectivity index (χ1n) is 7.55. The minimum absolute atomic E-state index is 0.719. The number of hydrogen-bond acceptors (Lipinski definition) is 4. The third kappa shape index (κ3) is 3.35. The van der Waals surface area contributed by atoms with Gasteiger partial charge < -0.3 is 4.42 Å². The summed E-state index contributed by atoms with van der Waals surface area (Å²) in [6, 6.07) is 10.2. The summed E-state index contributed by atoms with van der Waals surface area (Å²) in [4.78, 5) is 5.38. The molecule has 0 spiro atoms. The van der Waals surface area contributed by atoms with Gasteiger partial charge in [-0.1, -0.05) is 23.8 Å². The molecule has 0 aliphatic rings. The molecule has 0 saturated heterocycles. The smallest absolute Gasteiger partial charge is 0.206 e. The Labute approximate surface area is 139 Å². The van der Waals surface area contributed by atoms with E-state index in [9.17, 15) is 0 Å². The molecule has 5 heteroatoms. The minimum atomic E-state index is 0.719. The van der Waals surface area contributed by atoms with Crippen molar-refractivity contribution in [1.82, 2.24) is 4.68 Å². The largest absolute Gasteiger partial charge is 0.463 e. The summed E-state index contributed by atoms with van der Waals surface area (Å²) in [5.74, 6) is 0.789. The highest BCUT2D eigenvalue weighted by atomic mass is 32.1.